The normalized spacial score (nSPS) is 22.9. The molecule has 0 aliphatic carbocycles. The Balaban J connectivity index is 1.68. The Morgan fingerprint density at radius 2 is 1.86 bits per heavy atom. The molecule has 0 saturated carbocycles. The van der Waals surface area contributed by atoms with Crippen LogP contribution in [0.5, 0.6) is 0 Å². The van der Waals surface area contributed by atoms with E-state index in [1.807, 2.05) is 26.8 Å². The van der Waals surface area contributed by atoms with Crippen LogP contribution in [0.25, 0.3) is 0 Å². The minimum atomic E-state index is -3.06. The van der Waals surface area contributed by atoms with E-state index in [9.17, 15) is 18.0 Å². The summed E-state index contributed by atoms with van der Waals surface area (Å²) in [6, 6.07) is 1.08. The first-order valence-corrected chi connectivity index (χ1v) is 11.6. The number of aromatic nitrogens is 1. The number of hydrogen-bond donors (Lipinski definition) is 0. The van der Waals surface area contributed by atoms with Gasteiger partial charge in [-0.25, -0.2) is 13.2 Å². The highest BCUT2D eigenvalue weighted by molar-refractivity contribution is 7.91. The van der Waals surface area contributed by atoms with Crippen LogP contribution in [0.15, 0.2) is 10.6 Å². The highest BCUT2D eigenvalue weighted by Crippen LogP contribution is 2.25. The lowest BCUT2D eigenvalue weighted by molar-refractivity contribution is -0.124. The van der Waals surface area contributed by atoms with E-state index in [0.717, 1.165) is 18.6 Å². The summed E-state index contributed by atoms with van der Waals surface area (Å²) in [7, 11) is -3.06. The molecule has 0 aromatic carbocycles. The van der Waals surface area contributed by atoms with Crippen molar-refractivity contribution in [2.24, 2.45) is 0 Å². The van der Waals surface area contributed by atoms with Gasteiger partial charge in [-0.1, -0.05) is 25.9 Å². The van der Waals surface area contributed by atoms with E-state index < -0.39 is 15.9 Å². The fourth-order valence-electron chi connectivity index (χ4n) is 3.63. The van der Waals surface area contributed by atoms with Crippen LogP contribution in [-0.4, -0.2) is 72.4 Å². The Morgan fingerprint density at radius 3 is 2.46 bits per heavy atom. The van der Waals surface area contributed by atoms with Crippen LogP contribution in [0.3, 0.4) is 0 Å². The second kappa shape index (κ2) is 7.85. The van der Waals surface area contributed by atoms with Gasteiger partial charge in [0.05, 0.1) is 29.7 Å². The van der Waals surface area contributed by atoms with E-state index in [4.69, 9.17) is 4.52 Å². The van der Waals surface area contributed by atoms with Gasteiger partial charge in [-0.05, 0) is 19.3 Å². The molecule has 28 heavy (non-hydrogen) atoms. The fraction of sp³-hybridized carbons (Fsp3) is 0.737. The highest BCUT2D eigenvalue weighted by atomic mass is 32.2. The summed E-state index contributed by atoms with van der Waals surface area (Å²) >= 11 is 0. The minimum absolute atomic E-state index is 0.0142. The SMILES string of the molecule is CC(C)(C)c1cc(CC(=O)[C@@H]2CCCCN2C(=O)N2CCS(=O)(=O)CC2)no1. The molecular formula is C19H29N3O5S. The molecular weight excluding hydrogens is 382 g/mol. The first-order chi connectivity index (χ1) is 13.1. The lowest BCUT2D eigenvalue weighted by atomic mass is 9.92. The number of rotatable bonds is 3. The Bertz CT molecular complexity index is 826. The van der Waals surface area contributed by atoms with Crippen molar-refractivity contribution in [1.29, 1.82) is 0 Å². The number of likely N-dealkylation sites (tertiary alicyclic amines) is 1. The number of piperidine rings is 1. The van der Waals surface area contributed by atoms with E-state index >= 15 is 0 Å². The summed E-state index contributed by atoms with van der Waals surface area (Å²) in [4.78, 5) is 29.1. The number of carbonyl (C=O) groups is 2. The maximum atomic E-state index is 12.9. The summed E-state index contributed by atoms with van der Waals surface area (Å²) < 4.78 is 28.6. The van der Waals surface area contributed by atoms with Crippen LogP contribution < -0.4 is 0 Å². The van der Waals surface area contributed by atoms with E-state index in [2.05, 4.69) is 5.16 Å². The molecule has 0 radical (unpaired) electrons. The average molecular weight is 412 g/mol. The van der Waals surface area contributed by atoms with Gasteiger partial charge in [-0.3, -0.25) is 4.79 Å². The molecule has 0 N–H and O–H groups in total. The predicted molar refractivity (Wildman–Crippen MR) is 104 cm³/mol. The van der Waals surface area contributed by atoms with Crippen LogP contribution in [0.2, 0.25) is 0 Å². The molecule has 156 valence electrons. The molecule has 3 rings (SSSR count). The van der Waals surface area contributed by atoms with Crippen LogP contribution >= 0.6 is 0 Å². The molecule has 2 aliphatic heterocycles. The number of sulfone groups is 1. The molecule has 3 heterocycles. The van der Waals surface area contributed by atoms with E-state index in [0.29, 0.717) is 18.7 Å². The Kier molecular flexibility index (Phi) is 5.84. The zero-order valence-corrected chi connectivity index (χ0v) is 17.6. The van der Waals surface area contributed by atoms with Gasteiger partial charge >= 0.3 is 6.03 Å². The molecule has 1 atom stereocenters. The third-order valence-corrected chi connectivity index (χ3v) is 7.00. The van der Waals surface area contributed by atoms with Crippen molar-refractivity contribution in [2.45, 2.75) is 57.9 Å². The van der Waals surface area contributed by atoms with Gasteiger partial charge in [0, 0.05) is 31.1 Å². The minimum Gasteiger partial charge on any atom is -0.361 e. The Labute approximate surface area is 166 Å². The van der Waals surface area contributed by atoms with Gasteiger partial charge in [0.15, 0.2) is 15.6 Å². The van der Waals surface area contributed by atoms with Crippen molar-refractivity contribution in [1.82, 2.24) is 15.0 Å². The zero-order chi connectivity index (χ0) is 20.5. The summed E-state index contributed by atoms with van der Waals surface area (Å²) in [5, 5.41) is 4.02. The third kappa shape index (κ3) is 4.74. The highest BCUT2D eigenvalue weighted by Gasteiger charge is 2.36. The summed E-state index contributed by atoms with van der Waals surface area (Å²) in [5.74, 6) is 0.646. The second-order valence-electron chi connectivity index (χ2n) is 8.70. The third-order valence-electron chi connectivity index (χ3n) is 5.39. The van der Waals surface area contributed by atoms with Gasteiger partial charge in [0.25, 0.3) is 0 Å². The molecule has 1 aromatic heterocycles. The number of nitrogens with zero attached hydrogens (tertiary/aromatic N) is 3. The van der Waals surface area contributed by atoms with Crippen molar-refractivity contribution in [3.63, 3.8) is 0 Å². The fourth-order valence-corrected chi connectivity index (χ4v) is 4.83. The predicted octanol–water partition coefficient (Wildman–Crippen LogP) is 1.79. The lowest BCUT2D eigenvalue weighted by Crippen LogP contribution is -2.56. The van der Waals surface area contributed by atoms with Crippen molar-refractivity contribution in [3.05, 3.63) is 17.5 Å². The largest absolute Gasteiger partial charge is 0.361 e. The molecule has 1 aromatic rings. The van der Waals surface area contributed by atoms with Gasteiger partial charge in [0.1, 0.15) is 5.76 Å². The molecule has 2 fully saturated rings. The van der Waals surface area contributed by atoms with Crippen LogP contribution in [0, 0.1) is 0 Å². The molecule has 8 nitrogen and oxygen atoms in total. The topological polar surface area (TPSA) is 101 Å². The maximum Gasteiger partial charge on any atom is 0.320 e. The van der Waals surface area contributed by atoms with Crippen LogP contribution in [0.1, 0.15) is 51.5 Å². The van der Waals surface area contributed by atoms with Gasteiger partial charge in [0.2, 0.25) is 0 Å². The monoisotopic (exact) mass is 411 g/mol. The molecule has 2 amide bonds. The van der Waals surface area contributed by atoms with Gasteiger partial charge < -0.3 is 14.3 Å². The smallest absolute Gasteiger partial charge is 0.320 e. The van der Waals surface area contributed by atoms with Crippen molar-refractivity contribution >= 4 is 21.7 Å². The summed E-state index contributed by atoms with van der Waals surface area (Å²) in [6.45, 7) is 6.94. The van der Waals surface area contributed by atoms with E-state index in [1.54, 1.807) is 9.80 Å². The first kappa shape index (κ1) is 20.8. The number of carbonyl (C=O) groups excluding carboxylic acids is 2. The van der Waals surface area contributed by atoms with Crippen LogP contribution in [-0.2, 0) is 26.5 Å². The second-order valence-corrected chi connectivity index (χ2v) is 11.0. The number of hydrogen-bond acceptors (Lipinski definition) is 6. The summed E-state index contributed by atoms with van der Waals surface area (Å²) in [6.07, 6.45) is 2.49. The quantitative estimate of drug-likeness (QED) is 0.752. The maximum absolute atomic E-state index is 12.9. The van der Waals surface area contributed by atoms with Crippen molar-refractivity contribution in [3.8, 4) is 0 Å². The van der Waals surface area contributed by atoms with Gasteiger partial charge in [-0.15, -0.1) is 0 Å². The number of ketones is 1. The van der Waals surface area contributed by atoms with E-state index in [-0.39, 0.29) is 48.2 Å². The van der Waals surface area contributed by atoms with Crippen LogP contribution in [0.4, 0.5) is 4.79 Å². The molecule has 0 spiro atoms. The van der Waals surface area contributed by atoms with Crippen molar-refractivity contribution < 1.29 is 22.5 Å². The molecule has 2 saturated heterocycles. The van der Waals surface area contributed by atoms with Crippen molar-refractivity contribution in [2.75, 3.05) is 31.1 Å². The number of Topliss-reactive ketones (excluding diaryl/α,β-unsaturated/α-hetero) is 1. The molecule has 0 bridgehead atoms. The average Bonchev–Trinajstić information content (AvgIpc) is 3.10. The van der Waals surface area contributed by atoms with E-state index in [1.165, 1.54) is 0 Å². The lowest BCUT2D eigenvalue weighted by Gasteiger charge is -2.39. The van der Waals surface area contributed by atoms with Gasteiger partial charge in [-0.2, -0.15) is 0 Å². The Hall–Kier alpha value is -1.90. The Morgan fingerprint density at radius 1 is 1.18 bits per heavy atom. The molecule has 0 unspecified atom stereocenters. The molecule has 9 heteroatoms. The number of amides is 2. The summed E-state index contributed by atoms with van der Waals surface area (Å²) in [5.41, 5.74) is 0.396. The standard InChI is InChI=1S/C19H29N3O5S/c1-19(2,3)17-13-14(20-27-17)12-16(23)15-6-4-5-7-22(15)18(24)21-8-10-28(25,26)11-9-21/h13,15H,4-12H2,1-3H3/t15-/m0/s1. The number of urea groups is 1. The molecule has 2 aliphatic rings. The zero-order valence-electron chi connectivity index (χ0n) is 16.8. The first-order valence-electron chi connectivity index (χ1n) is 9.81.